The zero-order chi connectivity index (χ0) is 20.4. The van der Waals surface area contributed by atoms with Gasteiger partial charge in [-0.25, -0.2) is 21.6 Å². The molecule has 0 unspecified atom stereocenters. The molecule has 2 aromatic carbocycles. The molecule has 1 aliphatic rings. The summed E-state index contributed by atoms with van der Waals surface area (Å²) in [5, 5.41) is 0. The van der Waals surface area contributed by atoms with E-state index in [1.54, 1.807) is 7.11 Å². The first kappa shape index (κ1) is 20.6. The van der Waals surface area contributed by atoms with Crippen molar-refractivity contribution in [2.75, 3.05) is 31.4 Å². The summed E-state index contributed by atoms with van der Waals surface area (Å²) < 4.78 is 56.1. The number of methoxy groups -OCH3 is 1. The van der Waals surface area contributed by atoms with Gasteiger partial charge in [-0.15, -0.1) is 0 Å². The molecule has 1 saturated heterocycles. The molecular weight excluding hydrogens is 400 g/mol. The number of sulfone groups is 1. The van der Waals surface area contributed by atoms with Crippen LogP contribution in [0.3, 0.4) is 0 Å². The van der Waals surface area contributed by atoms with E-state index < -0.39 is 19.9 Å². The maximum atomic E-state index is 12.6. The molecule has 0 bridgehead atoms. The Morgan fingerprint density at radius 3 is 1.93 bits per heavy atom. The molecule has 7 nitrogen and oxygen atoms in total. The first-order valence-corrected chi connectivity index (χ1v) is 12.3. The van der Waals surface area contributed by atoms with E-state index in [0.29, 0.717) is 12.8 Å². The minimum atomic E-state index is -3.69. The van der Waals surface area contributed by atoms with Crippen molar-refractivity contribution in [3.8, 4) is 5.75 Å². The van der Waals surface area contributed by atoms with Crippen LogP contribution in [0.5, 0.6) is 5.75 Å². The third-order valence-electron chi connectivity index (χ3n) is 4.82. The molecule has 1 heterocycles. The first-order chi connectivity index (χ1) is 13.2. The van der Waals surface area contributed by atoms with Crippen LogP contribution in [0.15, 0.2) is 58.3 Å². The molecule has 0 saturated carbocycles. The maximum absolute atomic E-state index is 12.6. The Morgan fingerprint density at radius 1 is 0.893 bits per heavy atom. The number of hydrogen-bond donors (Lipinski definition) is 1. The highest BCUT2D eigenvalue weighted by Crippen LogP contribution is 2.24. The van der Waals surface area contributed by atoms with Gasteiger partial charge < -0.3 is 9.64 Å². The van der Waals surface area contributed by atoms with E-state index in [2.05, 4.69) is 9.62 Å². The molecule has 1 fully saturated rings. The second-order valence-corrected chi connectivity index (χ2v) is 10.6. The average molecular weight is 425 g/mol. The van der Waals surface area contributed by atoms with Crippen LogP contribution in [0.25, 0.3) is 0 Å². The van der Waals surface area contributed by atoms with Gasteiger partial charge in [-0.1, -0.05) is 0 Å². The Kier molecular flexibility index (Phi) is 5.97. The van der Waals surface area contributed by atoms with Gasteiger partial charge >= 0.3 is 0 Å². The van der Waals surface area contributed by atoms with E-state index in [1.807, 2.05) is 24.3 Å². The number of anilines is 1. The Morgan fingerprint density at radius 2 is 1.43 bits per heavy atom. The standard InChI is InChI=1S/C19H24N2O5S2/c1-26-17-5-3-16(4-6-17)21-13-11-15(12-14-21)20-28(24,25)19-9-7-18(8-10-19)27(2,22)23/h3-10,15,20H,11-14H2,1-2H3. The number of hydrogen-bond acceptors (Lipinski definition) is 6. The van der Waals surface area contributed by atoms with Crippen LogP contribution in [0, 0.1) is 0 Å². The predicted molar refractivity (Wildman–Crippen MR) is 108 cm³/mol. The van der Waals surface area contributed by atoms with Crippen LogP contribution >= 0.6 is 0 Å². The van der Waals surface area contributed by atoms with Gasteiger partial charge in [-0.05, 0) is 61.4 Å². The van der Waals surface area contributed by atoms with E-state index in [1.165, 1.54) is 24.3 Å². The molecule has 0 amide bonds. The molecule has 0 aliphatic carbocycles. The molecule has 3 rings (SSSR count). The first-order valence-electron chi connectivity index (χ1n) is 8.90. The molecule has 0 aromatic heterocycles. The van der Waals surface area contributed by atoms with Crippen LogP contribution in [0.2, 0.25) is 0 Å². The normalized spacial score (nSPS) is 16.1. The van der Waals surface area contributed by atoms with Crippen LogP contribution in [-0.2, 0) is 19.9 Å². The second kappa shape index (κ2) is 8.10. The lowest BCUT2D eigenvalue weighted by molar-refractivity contribution is 0.414. The number of ether oxygens (including phenoxy) is 1. The Bertz CT molecular complexity index is 1010. The van der Waals surface area contributed by atoms with Crippen molar-refractivity contribution in [2.24, 2.45) is 0 Å². The third kappa shape index (κ3) is 4.84. The minimum Gasteiger partial charge on any atom is -0.497 e. The van der Waals surface area contributed by atoms with E-state index in [-0.39, 0.29) is 15.8 Å². The highest BCUT2D eigenvalue weighted by molar-refractivity contribution is 7.90. The number of sulfonamides is 1. The van der Waals surface area contributed by atoms with E-state index in [4.69, 9.17) is 4.74 Å². The maximum Gasteiger partial charge on any atom is 0.240 e. The van der Waals surface area contributed by atoms with Crippen molar-refractivity contribution in [2.45, 2.75) is 28.7 Å². The summed E-state index contributed by atoms with van der Waals surface area (Å²) in [5.74, 6) is 0.799. The fourth-order valence-electron chi connectivity index (χ4n) is 3.20. The van der Waals surface area contributed by atoms with Gasteiger partial charge in [0.1, 0.15) is 5.75 Å². The molecule has 1 N–H and O–H groups in total. The van der Waals surface area contributed by atoms with E-state index in [9.17, 15) is 16.8 Å². The zero-order valence-corrected chi connectivity index (χ0v) is 17.5. The molecular formula is C19H24N2O5S2. The van der Waals surface area contributed by atoms with Gasteiger partial charge in [0.05, 0.1) is 16.9 Å². The molecule has 0 radical (unpaired) electrons. The molecule has 1 aliphatic heterocycles. The molecule has 0 atom stereocenters. The van der Waals surface area contributed by atoms with Crippen molar-refractivity contribution in [3.05, 3.63) is 48.5 Å². The van der Waals surface area contributed by atoms with Gasteiger partial charge in [0.2, 0.25) is 10.0 Å². The van der Waals surface area contributed by atoms with Crippen LogP contribution in [0.1, 0.15) is 12.8 Å². The molecule has 152 valence electrons. The van der Waals surface area contributed by atoms with Crippen molar-refractivity contribution >= 4 is 25.5 Å². The number of rotatable bonds is 6. The topological polar surface area (TPSA) is 92.8 Å². The average Bonchev–Trinajstić information content (AvgIpc) is 2.68. The number of nitrogens with zero attached hydrogens (tertiary/aromatic N) is 1. The van der Waals surface area contributed by atoms with Gasteiger partial charge in [0.15, 0.2) is 9.84 Å². The van der Waals surface area contributed by atoms with Gasteiger partial charge in [0.25, 0.3) is 0 Å². The lowest BCUT2D eigenvalue weighted by Gasteiger charge is -2.33. The molecule has 9 heteroatoms. The van der Waals surface area contributed by atoms with Gasteiger partial charge in [-0.2, -0.15) is 0 Å². The van der Waals surface area contributed by atoms with Crippen LogP contribution < -0.4 is 14.4 Å². The van der Waals surface area contributed by atoms with E-state index >= 15 is 0 Å². The zero-order valence-electron chi connectivity index (χ0n) is 15.8. The quantitative estimate of drug-likeness (QED) is 0.763. The van der Waals surface area contributed by atoms with Crippen molar-refractivity contribution in [1.29, 1.82) is 0 Å². The monoisotopic (exact) mass is 424 g/mol. The highest BCUT2D eigenvalue weighted by atomic mass is 32.2. The summed E-state index contributed by atoms with van der Waals surface area (Å²) in [5.41, 5.74) is 1.08. The fourth-order valence-corrected chi connectivity index (χ4v) is 5.14. The molecule has 0 spiro atoms. The largest absolute Gasteiger partial charge is 0.497 e. The summed E-state index contributed by atoms with van der Waals surface area (Å²) in [4.78, 5) is 2.38. The number of nitrogens with one attached hydrogen (secondary N) is 1. The number of piperidine rings is 1. The summed E-state index contributed by atoms with van der Waals surface area (Å²) in [6, 6.07) is 12.9. The van der Waals surface area contributed by atoms with Crippen molar-refractivity contribution in [3.63, 3.8) is 0 Å². The Labute approximate surface area is 166 Å². The molecule has 28 heavy (non-hydrogen) atoms. The predicted octanol–water partition coefficient (Wildman–Crippen LogP) is 2.05. The molecule has 2 aromatic rings. The lowest BCUT2D eigenvalue weighted by atomic mass is 10.1. The highest BCUT2D eigenvalue weighted by Gasteiger charge is 2.25. The Hall–Kier alpha value is -2.10. The summed E-state index contributed by atoms with van der Waals surface area (Å²) in [7, 11) is -5.42. The van der Waals surface area contributed by atoms with Gasteiger partial charge in [-0.3, -0.25) is 0 Å². The van der Waals surface area contributed by atoms with Crippen molar-refractivity contribution < 1.29 is 21.6 Å². The SMILES string of the molecule is COc1ccc(N2CCC(NS(=O)(=O)c3ccc(S(C)(=O)=O)cc3)CC2)cc1. The second-order valence-electron chi connectivity index (χ2n) is 6.82. The van der Waals surface area contributed by atoms with Crippen LogP contribution in [-0.4, -0.2) is 49.3 Å². The van der Waals surface area contributed by atoms with Gasteiger partial charge in [0, 0.05) is 31.1 Å². The van der Waals surface area contributed by atoms with Crippen LogP contribution in [0.4, 0.5) is 5.69 Å². The smallest absolute Gasteiger partial charge is 0.240 e. The fraction of sp³-hybridized carbons (Fsp3) is 0.368. The van der Waals surface area contributed by atoms with E-state index in [0.717, 1.165) is 30.8 Å². The summed E-state index contributed by atoms with van der Waals surface area (Å²) >= 11 is 0. The number of benzene rings is 2. The van der Waals surface area contributed by atoms with Crippen molar-refractivity contribution in [1.82, 2.24) is 4.72 Å². The lowest BCUT2D eigenvalue weighted by Crippen LogP contribution is -2.44. The summed E-state index contributed by atoms with van der Waals surface area (Å²) in [6.45, 7) is 1.49. The third-order valence-corrected chi connectivity index (χ3v) is 7.48. The summed E-state index contributed by atoms with van der Waals surface area (Å²) in [6.07, 6.45) is 2.46. The minimum absolute atomic E-state index is 0.0671. The Balaban J connectivity index is 1.61.